The van der Waals surface area contributed by atoms with Crippen molar-refractivity contribution in [2.45, 2.75) is 10.9 Å². The fraction of sp³-hybridized carbons (Fsp3) is 0.111. The lowest BCUT2D eigenvalue weighted by molar-refractivity contribution is 0.397. The van der Waals surface area contributed by atoms with E-state index in [0.29, 0.717) is 5.75 Å². The summed E-state index contributed by atoms with van der Waals surface area (Å²) in [4.78, 5) is 4.66. The van der Waals surface area contributed by atoms with E-state index in [2.05, 4.69) is 20.8 Å². The van der Waals surface area contributed by atoms with Crippen molar-refractivity contribution in [3.63, 3.8) is 0 Å². The molecule has 0 aliphatic rings. The average Bonchev–Trinajstić information content (AvgIpc) is 3.19. The van der Waals surface area contributed by atoms with Gasteiger partial charge in [0.25, 0.3) is 0 Å². The van der Waals surface area contributed by atoms with Gasteiger partial charge in [-0.1, -0.05) is 59.4 Å². The molecular weight excluding hydrogens is 306 g/mol. The zero-order valence-electron chi connectivity index (χ0n) is 12.6. The molecule has 4 rings (SSSR count). The van der Waals surface area contributed by atoms with Crippen LogP contribution >= 0.6 is 11.8 Å². The number of rotatable bonds is 4. The van der Waals surface area contributed by atoms with Crippen molar-refractivity contribution in [3.8, 4) is 11.3 Å². The molecule has 23 heavy (non-hydrogen) atoms. The van der Waals surface area contributed by atoms with E-state index in [1.807, 2.05) is 61.6 Å². The number of aryl methyl sites for hydroxylation is 1. The van der Waals surface area contributed by atoms with Gasteiger partial charge in [0.05, 0.1) is 16.8 Å². The summed E-state index contributed by atoms with van der Waals surface area (Å²) in [6, 6.07) is 20.2. The Hall–Kier alpha value is -2.53. The third kappa shape index (κ3) is 2.75. The Morgan fingerprint density at radius 3 is 2.65 bits per heavy atom. The molecule has 0 N–H and O–H groups in total. The maximum absolute atomic E-state index is 5.45. The van der Waals surface area contributed by atoms with Crippen LogP contribution < -0.4 is 0 Å². The molecule has 5 heteroatoms. The quantitative estimate of drug-likeness (QED) is 0.518. The molecule has 0 aliphatic carbocycles. The lowest BCUT2D eigenvalue weighted by Crippen LogP contribution is -1.90. The smallest absolute Gasteiger partial charge is 0.169 e. The molecule has 4 aromatic rings. The van der Waals surface area contributed by atoms with Crippen LogP contribution in [0.25, 0.3) is 22.3 Å². The van der Waals surface area contributed by atoms with Gasteiger partial charge in [-0.3, -0.25) is 0 Å². The molecule has 0 saturated carbocycles. The normalized spacial score (nSPS) is 11.2. The van der Waals surface area contributed by atoms with Gasteiger partial charge in [-0.2, -0.15) is 0 Å². The molecule has 2 aromatic carbocycles. The van der Waals surface area contributed by atoms with Crippen molar-refractivity contribution in [2.75, 3.05) is 0 Å². The number of aromatic nitrogens is 3. The number of benzene rings is 2. The van der Waals surface area contributed by atoms with Gasteiger partial charge in [-0.15, -0.1) is 0 Å². The number of para-hydroxylation sites is 2. The van der Waals surface area contributed by atoms with Gasteiger partial charge >= 0.3 is 0 Å². The molecule has 4 nitrogen and oxygen atoms in total. The second kappa shape index (κ2) is 5.93. The van der Waals surface area contributed by atoms with Crippen LogP contribution in [-0.2, 0) is 12.8 Å². The standard InChI is InChI=1S/C18H15N3OS/c1-21-17-10-6-5-9-15(17)19-18(21)23-12-14-11-16(20-22-14)13-7-3-2-4-8-13/h2-11H,12H2,1H3. The lowest BCUT2D eigenvalue weighted by atomic mass is 10.1. The van der Waals surface area contributed by atoms with Crippen molar-refractivity contribution in [1.29, 1.82) is 0 Å². The summed E-state index contributed by atoms with van der Waals surface area (Å²) in [5.74, 6) is 1.55. The van der Waals surface area contributed by atoms with Crippen molar-refractivity contribution in [1.82, 2.24) is 14.7 Å². The molecule has 114 valence electrons. The number of hydrogen-bond acceptors (Lipinski definition) is 4. The number of hydrogen-bond donors (Lipinski definition) is 0. The second-order valence-electron chi connectivity index (χ2n) is 5.28. The summed E-state index contributed by atoms with van der Waals surface area (Å²) in [5.41, 5.74) is 4.08. The first-order chi connectivity index (χ1) is 11.3. The summed E-state index contributed by atoms with van der Waals surface area (Å²) in [6.45, 7) is 0. The van der Waals surface area contributed by atoms with Crippen molar-refractivity contribution in [3.05, 3.63) is 66.4 Å². The predicted octanol–water partition coefficient (Wildman–Crippen LogP) is 4.52. The highest BCUT2D eigenvalue weighted by Crippen LogP contribution is 2.27. The first-order valence-corrected chi connectivity index (χ1v) is 8.35. The van der Waals surface area contributed by atoms with Gasteiger partial charge in [0.1, 0.15) is 11.5 Å². The molecule has 2 heterocycles. The fourth-order valence-electron chi connectivity index (χ4n) is 2.51. The minimum absolute atomic E-state index is 0.705. The SMILES string of the molecule is Cn1c(SCc2cc(-c3ccccc3)no2)nc2ccccc21. The van der Waals surface area contributed by atoms with Crippen molar-refractivity contribution in [2.24, 2.45) is 7.05 Å². The van der Waals surface area contributed by atoms with E-state index < -0.39 is 0 Å². The van der Waals surface area contributed by atoms with Gasteiger partial charge in [0.2, 0.25) is 0 Å². The summed E-state index contributed by atoms with van der Waals surface area (Å²) < 4.78 is 7.55. The fourth-order valence-corrected chi connectivity index (χ4v) is 3.38. The third-order valence-corrected chi connectivity index (χ3v) is 4.77. The lowest BCUT2D eigenvalue weighted by Gasteiger charge is -1.99. The van der Waals surface area contributed by atoms with E-state index >= 15 is 0 Å². The zero-order valence-corrected chi connectivity index (χ0v) is 13.5. The number of thioether (sulfide) groups is 1. The minimum Gasteiger partial charge on any atom is -0.360 e. The highest BCUT2D eigenvalue weighted by Gasteiger charge is 2.11. The molecule has 2 aromatic heterocycles. The van der Waals surface area contributed by atoms with E-state index in [1.54, 1.807) is 11.8 Å². The van der Waals surface area contributed by atoms with Crippen LogP contribution in [0.3, 0.4) is 0 Å². The van der Waals surface area contributed by atoms with Crippen molar-refractivity contribution < 1.29 is 4.52 Å². The molecule has 0 amide bonds. The maximum atomic E-state index is 5.45. The predicted molar refractivity (Wildman–Crippen MR) is 92.2 cm³/mol. The Morgan fingerprint density at radius 1 is 1.04 bits per heavy atom. The van der Waals surface area contributed by atoms with E-state index in [-0.39, 0.29) is 0 Å². The second-order valence-corrected chi connectivity index (χ2v) is 6.22. The van der Waals surface area contributed by atoms with Crippen LogP contribution in [0.1, 0.15) is 5.76 Å². The maximum Gasteiger partial charge on any atom is 0.169 e. The van der Waals surface area contributed by atoms with E-state index in [0.717, 1.165) is 33.2 Å². The summed E-state index contributed by atoms with van der Waals surface area (Å²) in [6.07, 6.45) is 0. The summed E-state index contributed by atoms with van der Waals surface area (Å²) in [7, 11) is 2.04. The van der Waals surface area contributed by atoms with Crippen LogP contribution in [0.4, 0.5) is 0 Å². The highest BCUT2D eigenvalue weighted by molar-refractivity contribution is 7.98. The van der Waals surface area contributed by atoms with Crippen LogP contribution in [0, 0.1) is 0 Å². The molecular formula is C18H15N3OS. The Balaban J connectivity index is 1.53. The van der Waals surface area contributed by atoms with Gasteiger partial charge in [0.15, 0.2) is 5.16 Å². The molecule has 0 radical (unpaired) electrons. The van der Waals surface area contributed by atoms with Gasteiger partial charge < -0.3 is 9.09 Å². The Morgan fingerprint density at radius 2 is 1.83 bits per heavy atom. The molecule has 0 unspecified atom stereocenters. The number of fused-ring (bicyclic) bond motifs is 1. The number of nitrogens with zero attached hydrogens (tertiary/aromatic N) is 3. The number of imidazole rings is 1. The zero-order chi connectivity index (χ0) is 15.6. The van der Waals surface area contributed by atoms with Gasteiger partial charge in [-0.25, -0.2) is 4.98 Å². The molecule has 0 fully saturated rings. The Bertz CT molecular complexity index is 943. The van der Waals surface area contributed by atoms with Crippen LogP contribution in [0.15, 0.2) is 70.3 Å². The first-order valence-electron chi connectivity index (χ1n) is 7.36. The van der Waals surface area contributed by atoms with Crippen LogP contribution in [0.2, 0.25) is 0 Å². The first kappa shape index (κ1) is 14.1. The van der Waals surface area contributed by atoms with Gasteiger partial charge in [-0.05, 0) is 12.1 Å². The minimum atomic E-state index is 0.705. The van der Waals surface area contributed by atoms with E-state index in [9.17, 15) is 0 Å². The Labute approximate surface area is 138 Å². The molecule has 0 spiro atoms. The topological polar surface area (TPSA) is 43.9 Å². The summed E-state index contributed by atoms with van der Waals surface area (Å²) in [5, 5.41) is 5.12. The average molecular weight is 321 g/mol. The highest BCUT2D eigenvalue weighted by atomic mass is 32.2. The van der Waals surface area contributed by atoms with Crippen LogP contribution in [0.5, 0.6) is 0 Å². The third-order valence-electron chi connectivity index (χ3n) is 3.72. The molecule has 0 saturated heterocycles. The van der Waals surface area contributed by atoms with E-state index in [4.69, 9.17) is 4.52 Å². The van der Waals surface area contributed by atoms with Crippen LogP contribution in [-0.4, -0.2) is 14.7 Å². The monoisotopic (exact) mass is 321 g/mol. The molecule has 0 bridgehead atoms. The molecule has 0 atom stereocenters. The largest absolute Gasteiger partial charge is 0.360 e. The molecule has 0 aliphatic heterocycles. The summed E-state index contributed by atoms with van der Waals surface area (Å²) >= 11 is 1.65. The van der Waals surface area contributed by atoms with E-state index in [1.165, 1.54) is 0 Å². The van der Waals surface area contributed by atoms with Gasteiger partial charge in [0, 0.05) is 18.7 Å². The van der Waals surface area contributed by atoms with Crippen molar-refractivity contribution >= 4 is 22.8 Å². The Kier molecular flexibility index (Phi) is 3.63.